The molecular weight excluding hydrogens is 352 g/mol. The Morgan fingerprint density at radius 2 is 1.93 bits per heavy atom. The highest BCUT2D eigenvalue weighted by Crippen LogP contribution is 2.24. The van der Waals surface area contributed by atoms with Crippen molar-refractivity contribution in [3.63, 3.8) is 0 Å². The molecule has 0 aliphatic rings. The number of hydrogen-bond donors (Lipinski definition) is 1. The van der Waals surface area contributed by atoms with Crippen LogP contribution in [-0.2, 0) is 9.53 Å². The fourth-order valence-electron chi connectivity index (χ4n) is 2.36. The lowest BCUT2D eigenvalue weighted by molar-refractivity contribution is -0.385. The van der Waals surface area contributed by atoms with Gasteiger partial charge in [0.2, 0.25) is 0 Å². The fourth-order valence-corrected chi connectivity index (χ4v) is 2.36. The Hall–Kier alpha value is -3.42. The summed E-state index contributed by atoms with van der Waals surface area (Å²) in [4.78, 5) is 34.8. The molecule has 8 heteroatoms. The maximum Gasteiger partial charge on any atom is 0.338 e. The SMILES string of the molecule is CCOc1ccccc1NC(=O)[C@@H](C)OC(=O)c1ccc([N+](=O)[O-])c(C)c1. The molecule has 1 amide bonds. The number of hydrogen-bond acceptors (Lipinski definition) is 6. The number of nitro benzene ring substituents is 1. The molecule has 0 fully saturated rings. The van der Waals surface area contributed by atoms with Crippen molar-refractivity contribution in [2.24, 2.45) is 0 Å². The van der Waals surface area contributed by atoms with Crippen LogP contribution in [0.5, 0.6) is 5.75 Å². The molecule has 2 aromatic carbocycles. The first kappa shape index (κ1) is 19.9. The third-order valence-corrected chi connectivity index (χ3v) is 3.73. The average Bonchev–Trinajstić information content (AvgIpc) is 2.63. The van der Waals surface area contributed by atoms with E-state index < -0.39 is 22.9 Å². The largest absolute Gasteiger partial charge is 0.492 e. The van der Waals surface area contributed by atoms with Gasteiger partial charge >= 0.3 is 5.97 Å². The minimum atomic E-state index is -1.07. The van der Waals surface area contributed by atoms with Crippen molar-refractivity contribution in [1.29, 1.82) is 0 Å². The maximum absolute atomic E-state index is 12.3. The van der Waals surface area contributed by atoms with Crippen molar-refractivity contribution in [2.75, 3.05) is 11.9 Å². The summed E-state index contributed by atoms with van der Waals surface area (Å²) in [7, 11) is 0. The normalized spacial score (nSPS) is 11.4. The van der Waals surface area contributed by atoms with Gasteiger partial charge in [0.25, 0.3) is 11.6 Å². The van der Waals surface area contributed by atoms with Crippen molar-refractivity contribution < 1.29 is 24.0 Å². The number of esters is 1. The molecule has 0 radical (unpaired) electrons. The van der Waals surface area contributed by atoms with E-state index in [1.165, 1.54) is 32.0 Å². The van der Waals surface area contributed by atoms with E-state index in [2.05, 4.69) is 5.32 Å². The molecule has 0 aromatic heterocycles. The van der Waals surface area contributed by atoms with E-state index in [0.29, 0.717) is 23.6 Å². The second-order valence-electron chi connectivity index (χ2n) is 5.72. The molecular formula is C19H20N2O6. The molecule has 8 nitrogen and oxygen atoms in total. The molecule has 142 valence electrons. The highest BCUT2D eigenvalue weighted by Gasteiger charge is 2.21. The Morgan fingerprint density at radius 3 is 2.56 bits per heavy atom. The van der Waals surface area contributed by atoms with Gasteiger partial charge < -0.3 is 14.8 Å². The van der Waals surface area contributed by atoms with Gasteiger partial charge in [0, 0.05) is 11.6 Å². The summed E-state index contributed by atoms with van der Waals surface area (Å²) < 4.78 is 10.6. The Labute approximate surface area is 156 Å². The lowest BCUT2D eigenvalue weighted by atomic mass is 10.1. The fraction of sp³-hybridized carbons (Fsp3) is 0.263. The number of nitrogens with zero attached hydrogens (tertiary/aromatic N) is 1. The summed E-state index contributed by atoms with van der Waals surface area (Å²) in [6, 6.07) is 10.8. The average molecular weight is 372 g/mol. The quantitative estimate of drug-likeness (QED) is 0.453. The summed E-state index contributed by atoms with van der Waals surface area (Å²) in [5, 5.41) is 13.5. The molecule has 0 aliphatic heterocycles. The number of aryl methyl sites for hydroxylation is 1. The van der Waals surface area contributed by atoms with Gasteiger partial charge in [0.1, 0.15) is 5.75 Å². The van der Waals surface area contributed by atoms with Gasteiger partial charge in [-0.2, -0.15) is 0 Å². The number of nitro groups is 1. The van der Waals surface area contributed by atoms with Crippen LogP contribution in [0, 0.1) is 17.0 Å². The predicted octanol–water partition coefficient (Wildman–Crippen LogP) is 3.49. The molecule has 0 saturated heterocycles. The zero-order valence-electron chi connectivity index (χ0n) is 15.2. The maximum atomic E-state index is 12.3. The Balaban J connectivity index is 2.05. The van der Waals surface area contributed by atoms with Gasteiger partial charge in [-0.15, -0.1) is 0 Å². The number of benzene rings is 2. The molecule has 0 bridgehead atoms. The van der Waals surface area contributed by atoms with Gasteiger partial charge in [0.15, 0.2) is 6.10 Å². The van der Waals surface area contributed by atoms with E-state index in [0.717, 1.165) is 0 Å². The van der Waals surface area contributed by atoms with E-state index >= 15 is 0 Å². The van der Waals surface area contributed by atoms with Gasteiger partial charge in [0.05, 0.1) is 22.8 Å². The Kier molecular flexibility index (Phi) is 6.48. The number of rotatable bonds is 7. The van der Waals surface area contributed by atoms with Gasteiger partial charge in [-0.3, -0.25) is 14.9 Å². The predicted molar refractivity (Wildman–Crippen MR) is 99.0 cm³/mol. The molecule has 0 heterocycles. The minimum Gasteiger partial charge on any atom is -0.492 e. The summed E-state index contributed by atoms with van der Waals surface area (Å²) in [5.74, 6) is -0.749. The molecule has 0 aliphatic carbocycles. The standard InChI is InChI=1S/C19H20N2O6/c1-4-26-17-8-6-5-7-15(17)20-18(22)13(3)27-19(23)14-9-10-16(21(24)25)12(2)11-14/h5-11,13H,4H2,1-3H3,(H,20,22)/t13-/m1/s1. The minimum absolute atomic E-state index is 0.0927. The van der Waals surface area contributed by atoms with Crippen LogP contribution in [0.15, 0.2) is 42.5 Å². The Morgan fingerprint density at radius 1 is 1.22 bits per heavy atom. The van der Waals surface area contributed by atoms with Crippen LogP contribution in [-0.4, -0.2) is 29.5 Å². The first-order valence-corrected chi connectivity index (χ1v) is 8.32. The summed E-state index contributed by atoms with van der Waals surface area (Å²) in [6.45, 7) is 5.23. The van der Waals surface area contributed by atoms with Crippen molar-refractivity contribution in [1.82, 2.24) is 0 Å². The van der Waals surface area contributed by atoms with Crippen LogP contribution >= 0.6 is 0 Å². The van der Waals surface area contributed by atoms with Crippen molar-refractivity contribution in [2.45, 2.75) is 26.9 Å². The third-order valence-electron chi connectivity index (χ3n) is 3.73. The van der Waals surface area contributed by atoms with Crippen molar-refractivity contribution in [3.8, 4) is 5.75 Å². The first-order valence-electron chi connectivity index (χ1n) is 8.32. The van der Waals surface area contributed by atoms with E-state index in [1.807, 2.05) is 6.92 Å². The van der Waals surface area contributed by atoms with E-state index in [1.54, 1.807) is 24.3 Å². The Bertz CT molecular complexity index is 865. The number of ether oxygens (including phenoxy) is 2. The van der Waals surface area contributed by atoms with Crippen LogP contribution in [0.1, 0.15) is 29.8 Å². The first-order chi connectivity index (χ1) is 12.8. The van der Waals surface area contributed by atoms with Crippen LogP contribution < -0.4 is 10.1 Å². The molecule has 1 N–H and O–H groups in total. The van der Waals surface area contributed by atoms with Crippen molar-refractivity contribution >= 4 is 23.3 Å². The number of para-hydroxylation sites is 2. The second-order valence-corrected chi connectivity index (χ2v) is 5.72. The summed E-state index contributed by atoms with van der Waals surface area (Å²) in [6.07, 6.45) is -1.07. The highest BCUT2D eigenvalue weighted by molar-refractivity contribution is 5.98. The van der Waals surface area contributed by atoms with Gasteiger partial charge in [-0.25, -0.2) is 4.79 Å². The molecule has 0 saturated carbocycles. The van der Waals surface area contributed by atoms with Crippen LogP contribution in [0.4, 0.5) is 11.4 Å². The molecule has 27 heavy (non-hydrogen) atoms. The second kappa shape index (κ2) is 8.79. The van der Waals surface area contributed by atoms with E-state index in [4.69, 9.17) is 9.47 Å². The lowest BCUT2D eigenvalue weighted by Crippen LogP contribution is -2.30. The number of nitrogens with one attached hydrogen (secondary N) is 1. The highest BCUT2D eigenvalue weighted by atomic mass is 16.6. The molecule has 1 atom stereocenters. The number of carbonyl (C=O) groups is 2. The van der Waals surface area contributed by atoms with Crippen molar-refractivity contribution in [3.05, 3.63) is 63.7 Å². The summed E-state index contributed by atoms with van der Waals surface area (Å²) in [5.41, 5.74) is 0.841. The molecule has 2 aromatic rings. The zero-order valence-corrected chi connectivity index (χ0v) is 15.2. The summed E-state index contributed by atoms with van der Waals surface area (Å²) >= 11 is 0. The molecule has 2 rings (SSSR count). The van der Waals surface area contributed by atoms with E-state index in [9.17, 15) is 19.7 Å². The molecule has 0 spiro atoms. The van der Waals surface area contributed by atoms with Crippen LogP contribution in [0.2, 0.25) is 0 Å². The lowest BCUT2D eigenvalue weighted by Gasteiger charge is -2.15. The van der Waals surface area contributed by atoms with E-state index in [-0.39, 0.29) is 11.3 Å². The molecule has 0 unspecified atom stereocenters. The van der Waals surface area contributed by atoms with Crippen LogP contribution in [0.25, 0.3) is 0 Å². The van der Waals surface area contributed by atoms with Gasteiger partial charge in [-0.05, 0) is 45.0 Å². The zero-order chi connectivity index (χ0) is 20.0. The number of carbonyl (C=O) groups excluding carboxylic acids is 2. The van der Waals surface area contributed by atoms with Gasteiger partial charge in [-0.1, -0.05) is 12.1 Å². The third kappa shape index (κ3) is 5.04. The number of anilines is 1. The topological polar surface area (TPSA) is 108 Å². The number of amides is 1. The monoisotopic (exact) mass is 372 g/mol. The smallest absolute Gasteiger partial charge is 0.338 e. The van der Waals surface area contributed by atoms with Crippen LogP contribution in [0.3, 0.4) is 0 Å².